The van der Waals surface area contributed by atoms with Gasteiger partial charge in [-0.1, -0.05) is 18.2 Å². The first kappa shape index (κ1) is 15.6. The molecule has 1 atom stereocenters. The lowest BCUT2D eigenvalue weighted by atomic mass is 10.1. The van der Waals surface area contributed by atoms with Crippen LogP contribution in [0.15, 0.2) is 58.2 Å². The van der Waals surface area contributed by atoms with Crippen LogP contribution < -0.4 is 5.32 Å². The van der Waals surface area contributed by atoms with Gasteiger partial charge in [-0.2, -0.15) is 4.31 Å². The minimum absolute atomic E-state index is 0.250. The van der Waals surface area contributed by atoms with Crippen molar-refractivity contribution in [3.8, 4) is 0 Å². The standard InChI is InChI=1S/C15H16BrN3O2S/c16-13-5-1-2-6-15(13)22(20,21)19-9-8-18-11-14(19)12-4-3-7-17-10-12/h1-7,10,14,18H,8-9,11H2. The molecule has 7 heteroatoms. The molecular formula is C15H16BrN3O2S. The van der Waals surface area contributed by atoms with Gasteiger partial charge in [0.2, 0.25) is 10.0 Å². The smallest absolute Gasteiger partial charge is 0.244 e. The van der Waals surface area contributed by atoms with Crippen LogP contribution in [0.25, 0.3) is 0 Å². The molecule has 1 aromatic carbocycles. The Labute approximate surface area is 138 Å². The maximum absolute atomic E-state index is 13.0. The number of sulfonamides is 1. The Morgan fingerprint density at radius 3 is 2.77 bits per heavy atom. The van der Waals surface area contributed by atoms with Gasteiger partial charge in [0, 0.05) is 36.5 Å². The number of benzene rings is 1. The highest BCUT2D eigenvalue weighted by Crippen LogP contribution is 2.31. The Kier molecular flexibility index (Phi) is 4.58. The fourth-order valence-electron chi connectivity index (χ4n) is 2.61. The van der Waals surface area contributed by atoms with E-state index in [0.29, 0.717) is 29.0 Å². The van der Waals surface area contributed by atoms with E-state index in [-0.39, 0.29) is 6.04 Å². The average Bonchev–Trinajstić information content (AvgIpc) is 2.56. The summed E-state index contributed by atoms with van der Waals surface area (Å²) in [4.78, 5) is 4.41. The second-order valence-corrected chi connectivity index (χ2v) is 7.77. The Morgan fingerprint density at radius 2 is 2.05 bits per heavy atom. The maximum atomic E-state index is 13.0. The monoisotopic (exact) mass is 381 g/mol. The van der Waals surface area contributed by atoms with Gasteiger partial charge in [-0.25, -0.2) is 8.42 Å². The first-order valence-electron chi connectivity index (χ1n) is 6.98. The first-order valence-corrected chi connectivity index (χ1v) is 9.21. The maximum Gasteiger partial charge on any atom is 0.244 e. The topological polar surface area (TPSA) is 62.3 Å². The van der Waals surface area contributed by atoms with Gasteiger partial charge in [-0.15, -0.1) is 0 Å². The highest BCUT2D eigenvalue weighted by molar-refractivity contribution is 9.10. The number of rotatable bonds is 3. The van der Waals surface area contributed by atoms with Crippen LogP contribution >= 0.6 is 15.9 Å². The summed E-state index contributed by atoms with van der Waals surface area (Å²) in [6.07, 6.45) is 3.41. The number of nitrogens with zero attached hydrogens (tertiary/aromatic N) is 2. The van der Waals surface area contributed by atoms with Gasteiger partial charge in [0.1, 0.15) is 0 Å². The molecule has 1 N–H and O–H groups in total. The summed E-state index contributed by atoms with van der Waals surface area (Å²) in [7, 11) is -3.57. The van der Waals surface area contributed by atoms with Crippen LogP contribution in [-0.4, -0.2) is 37.3 Å². The van der Waals surface area contributed by atoms with E-state index < -0.39 is 10.0 Å². The van der Waals surface area contributed by atoms with Gasteiger partial charge in [-0.05, 0) is 39.7 Å². The number of nitrogens with one attached hydrogen (secondary N) is 1. The van der Waals surface area contributed by atoms with Crippen LogP contribution in [0.5, 0.6) is 0 Å². The summed E-state index contributed by atoms with van der Waals surface area (Å²) in [5, 5.41) is 3.26. The van der Waals surface area contributed by atoms with E-state index in [1.165, 1.54) is 0 Å². The van der Waals surface area contributed by atoms with Crippen LogP contribution in [0.1, 0.15) is 11.6 Å². The zero-order chi connectivity index (χ0) is 15.6. The predicted octanol–water partition coefficient (Wildman–Crippen LogP) is 2.18. The summed E-state index contributed by atoms with van der Waals surface area (Å²) in [5.74, 6) is 0. The summed E-state index contributed by atoms with van der Waals surface area (Å²) in [6.45, 7) is 1.65. The fourth-order valence-corrected chi connectivity index (χ4v) is 5.19. The number of hydrogen-bond donors (Lipinski definition) is 1. The van der Waals surface area contributed by atoms with E-state index in [4.69, 9.17) is 0 Å². The third kappa shape index (κ3) is 2.94. The molecule has 1 aromatic heterocycles. The number of hydrogen-bond acceptors (Lipinski definition) is 4. The molecule has 0 saturated carbocycles. The van der Waals surface area contributed by atoms with Crippen molar-refractivity contribution < 1.29 is 8.42 Å². The van der Waals surface area contributed by atoms with Crippen molar-refractivity contribution in [1.82, 2.24) is 14.6 Å². The third-order valence-corrected chi connectivity index (χ3v) is 6.61. The number of piperazine rings is 1. The van der Waals surface area contributed by atoms with Gasteiger partial charge < -0.3 is 5.32 Å². The second kappa shape index (κ2) is 6.45. The Balaban J connectivity index is 2.02. The SMILES string of the molecule is O=S(=O)(c1ccccc1Br)N1CCNCC1c1cccnc1. The molecule has 1 unspecified atom stereocenters. The predicted molar refractivity (Wildman–Crippen MR) is 87.9 cm³/mol. The summed E-state index contributed by atoms with van der Waals surface area (Å²) >= 11 is 3.34. The van der Waals surface area contributed by atoms with Gasteiger partial charge in [-0.3, -0.25) is 4.98 Å². The van der Waals surface area contributed by atoms with Crippen molar-refractivity contribution in [2.45, 2.75) is 10.9 Å². The largest absolute Gasteiger partial charge is 0.313 e. The van der Waals surface area contributed by atoms with Crippen molar-refractivity contribution in [3.05, 3.63) is 58.8 Å². The average molecular weight is 382 g/mol. The highest BCUT2D eigenvalue weighted by Gasteiger charge is 2.35. The van der Waals surface area contributed by atoms with Gasteiger partial charge >= 0.3 is 0 Å². The molecule has 116 valence electrons. The van der Waals surface area contributed by atoms with Crippen LogP contribution in [0.2, 0.25) is 0 Å². The van der Waals surface area contributed by atoms with Crippen molar-refractivity contribution in [3.63, 3.8) is 0 Å². The number of halogens is 1. The number of pyridine rings is 1. The van der Waals surface area contributed by atoms with Gasteiger partial charge in [0.15, 0.2) is 0 Å². The molecule has 5 nitrogen and oxygen atoms in total. The lowest BCUT2D eigenvalue weighted by molar-refractivity contribution is 0.271. The minimum atomic E-state index is -3.57. The van der Waals surface area contributed by atoms with Gasteiger partial charge in [0.05, 0.1) is 10.9 Å². The lowest BCUT2D eigenvalue weighted by Crippen LogP contribution is -2.48. The third-order valence-electron chi connectivity index (χ3n) is 3.69. The van der Waals surface area contributed by atoms with E-state index >= 15 is 0 Å². The van der Waals surface area contributed by atoms with E-state index in [1.807, 2.05) is 12.1 Å². The van der Waals surface area contributed by atoms with Crippen molar-refractivity contribution in [2.75, 3.05) is 19.6 Å². The van der Waals surface area contributed by atoms with Crippen molar-refractivity contribution >= 4 is 26.0 Å². The Bertz CT molecular complexity index is 752. The normalized spacial score (nSPS) is 20.0. The molecule has 1 aliphatic heterocycles. The molecule has 0 radical (unpaired) electrons. The lowest BCUT2D eigenvalue weighted by Gasteiger charge is -2.35. The van der Waals surface area contributed by atoms with Gasteiger partial charge in [0.25, 0.3) is 0 Å². The molecule has 22 heavy (non-hydrogen) atoms. The molecule has 1 fully saturated rings. The van der Waals surface area contributed by atoms with Crippen LogP contribution in [0.4, 0.5) is 0 Å². The second-order valence-electron chi connectivity index (χ2n) is 5.05. The minimum Gasteiger partial charge on any atom is -0.313 e. The molecule has 2 heterocycles. The molecule has 0 amide bonds. The molecule has 2 aromatic rings. The summed E-state index contributed by atoms with van der Waals surface area (Å²) < 4.78 is 28.2. The zero-order valence-corrected chi connectivity index (χ0v) is 14.2. The van der Waals surface area contributed by atoms with Crippen LogP contribution in [0, 0.1) is 0 Å². The molecule has 0 spiro atoms. The Hall–Kier alpha value is -1.28. The quantitative estimate of drug-likeness (QED) is 0.884. The van der Waals surface area contributed by atoms with Crippen molar-refractivity contribution in [1.29, 1.82) is 0 Å². The number of aromatic nitrogens is 1. The molecule has 3 rings (SSSR count). The van der Waals surface area contributed by atoms with E-state index in [1.54, 1.807) is 41.0 Å². The fraction of sp³-hybridized carbons (Fsp3) is 0.267. The first-order chi connectivity index (χ1) is 10.6. The summed E-state index contributed by atoms with van der Waals surface area (Å²) in [6, 6.07) is 10.4. The Morgan fingerprint density at radius 1 is 1.23 bits per heavy atom. The zero-order valence-electron chi connectivity index (χ0n) is 11.8. The molecule has 0 bridgehead atoms. The van der Waals surface area contributed by atoms with E-state index in [2.05, 4.69) is 26.2 Å². The van der Waals surface area contributed by atoms with E-state index in [0.717, 1.165) is 5.56 Å². The molecule has 1 aliphatic rings. The highest BCUT2D eigenvalue weighted by atomic mass is 79.9. The van der Waals surface area contributed by atoms with Crippen LogP contribution in [-0.2, 0) is 10.0 Å². The van der Waals surface area contributed by atoms with Crippen LogP contribution in [0.3, 0.4) is 0 Å². The molecule has 0 aliphatic carbocycles. The summed E-state index contributed by atoms with van der Waals surface area (Å²) in [5.41, 5.74) is 0.894. The molecule has 1 saturated heterocycles. The molecular weight excluding hydrogens is 366 g/mol. The van der Waals surface area contributed by atoms with Crippen molar-refractivity contribution in [2.24, 2.45) is 0 Å². The van der Waals surface area contributed by atoms with E-state index in [9.17, 15) is 8.42 Å².